The first-order valence-electron chi connectivity index (χ1n) is 8.67. The maximum absolute atomic E-state index is 12.6. The van der Waals surface area contributed by atoms with Gasteiger partial charge in [-0.15, -0.1) is 0 Å². The summed E-state index contributed by atoms with van der Waals surface area (Å²) in [5, 5.41) is 0.556. The Kier molecular flexibility index (Phi) is 4.91. The molecule has 28 heavy (non-hydrogen) atoms. The fraction of sp³-hybridized carbons (Fsp3) is 0.150. The van der Waals surface area contributed by atoms with Gasteiger partial charge in [-0.2, -0.15) is 0 Å². The molecular formula is C20H17N3O3S2. The summed E-state index contributed by atoms with van der Waals surface area (Å²) < 4.78 is 26.1. The van der Waals surface area contributed by atoms with Gasteiger partial charge in [0.2, 0.25) is 0 Å². The summed E-state index contributed by atoms with van der Waals surface area (Å²) in [7, 11) is -3.78. The van der Waals surface area contributed by atoms with Gasteiger partial charge in [0.25, 0.3) is 15.9 Å². The molecule has 3 aromatic rings. The highest BCUT2D eigenvalue weighted by Gasteiger charge is 2.40. The number of carbonyl (C=O) groups is 1. The van der Waals surface area contributed by atoms with Gasteiger partial charge in [-0.05, 0) is 25.1 Å². The van der Waals surface area contributed by atoms with Crippen LogP contribution in [-0.4, -0.2) is 40.9 Å². The summed E-state index contributed by atoms with van der Waals surface area (Å²) in [5.74, 6) is -0.109. The van der Waals surface area contributed by atoms with E-state index in [1.165, 1.54) is 23.9 Å². The molecule has 0 aliphatic carbocycles. The van der Waals surface area contributed by atoms with Crippen LogP contribution >= 0.6 is 11.8 Å². The molecule has 0 atom stereocenters. The number of amides is 1. The molecular weight excluding hydrogens is 394 g/mol. The Morgan fingerprint density at radius 2 is 1.71 bits per heavy atom. The molecule has 1 aliphatic rings. The highest BCUT2D eigenvalue weighted by molar-refractivity contribution is 7.99. The molecule has 0 unspecified atom stereocenters. The Bertz CT molecular complexity index is 1150. The smallest absolute Gasteiger partial charge is 0.268 e. The Labute approximate surface area is 167 Å². The summed E-state index contributed by atoms with van der Waals surface area (Å²) in [6, 6.07) is 18.0. The van der Waals surface area contributed by atoms with Gasteiger partial charge < -0.3 is 0 Å². The molecule has 0 spiro atoms. The van der Waals surface area contributed by atoms with Gasteiger partial charge >= 0.3 is 0 Å². The molecule has 2 aromatic carbocycles. The molecule has 0 radical (unpaired) electrons. The van der Waals surface area contributed by atoms with Crippen LogP contribution < -0.4 is 0 Å². The zero-order chi connectivity index (χ0) is 19.7. The summed E-state index contributed by atoms with van der Waals surface area (Å²) in [6.45, 7) is 1.96. The number of fused-ring (bicyclic) bond motifs is 1. The van der Waals surface area contributed by atoms with E-state index in [1.54, 1.807) is 12.1 Å². The van der Waals surface area contributed by atoms with Crippen LogP contribution in [0.4, 0.5) is 0 Å². The van der Waals surface area contributed by atoms with Gasteiger partial charge in [-0.25, -0.2) is 22.7 Å². The Balaban J connectivity index is 1.49. The zero-order valence-corrected chi connectivity index (χ0v) is 16.7. The van der Waals surface area contributed by atoms with E-state index in [1.807, 2.05) is 43.3 Å². The number of hydrogen-bond acceptors (Lipinski definition) is 6. The number of rotatable bonds is 5. The van der Waals surface area contributed by atoms with Crippen molar-refractivity contribution in [2.45, 2.75) is 17.0 Å². The van der Waals surface area contributed by atoms with Crippen molar-refractivity contribution in [1.29, 1.82) is 0 Å². The molecule has 1 aliphatic heterocycles. The van der Waals surface area contributed by atoms with Crippen molar-refractivity contribution < 1.29 is 13.2 Å². The Morgan fingerprint density at radius 3 is 2.46 bits per heavy atom. The summed E-state index contributed by atoms with van der Waals surface area (Å²) >= 11 is 1.33. The highest BCUT2D eigenvalue weighted by Crippen LogP contribution is 2.30. The van der Waals surface area contributed by atoms with Crippen LogP contribution in [0.3, 0.4) is 0 Å². The minimum absolute atomic E-state index is 0.0679. The van der Waals surface area contributed by atoms with Crippen LogP contribution in [0.1, 0.15) is 16.1 Å². The van der Waals surface area contributed by atoms with E-state index < -0.39 is 15.9 Å². The lowest BCUT2D eigenvalue weighted by atomic mass is 10.1. The predicted octanol–water partition coefficient (Wildman–Crippen LogP) is 3.39. The first-order valence-corrected chi connectivity index (χ1v) is 11.1. The van der Waals surface area contributed by atoms with Crippen molar-refractivity contribution in [1.82, 2.24) is 14.3 Å². The lowest BCUT2D eigenvalue weighted by molar-refractivity contribution is 0.0876. The number of hydrogen-bond donors (Lipinski definition) is 0. The van der Waals surface area contributed by atoms with Crippen molar-refractivity contribution in [3.8, 4) is 11.3 Å². The first-order chi connectivity index (χ1) is 13.5. The summed E-state index contributed by atoms with van der Waals surface area (Å²) in [4.78, 5) is 21.5. The topological polar surface area (TPSA) is 80.2 Å². The highest BCUT2D eigenvalue weighted by atomic mass is 32.2. The molecule has 0 saturated heterocycles. The maximum Gasteiger partial charge on any atom is 0.269 e. The minimum Gasteiger partial charge on any atom is -0.268 e. The zero-order valence-electron chi connectivity index (χ0n) is 15.1. The van der Waals surface area contributed by atoms with E-state index in [2.05, 4.69) is 9.97 Å². The number of aryl methyl sites for hydroxylation is 1. The van der Waals surface area contributed by atoms with Crippen LogP contribution in [-0.2, 0) is 10.0 Å². The van der Waals surface area contributed by atoms with E-state index in [0.29, 0.717) is 10.9 Å². The fourth-order valence-electron chi connectivity index (χ4n) is 3.03. The van der Waals surface area contributed by atoms with Gasteiger partial charge in [-0.1, -0.05) is 54.2 Å². The first kappa shape index (κ1) is 18.6. The largest absolute Gasteiger partial charge is 0.269 e. The number of carbonyl (C=O) groups excluding carboxylic acids is 1. The van der Waals surface area contributed by atoms with E-state index >= 15 is 0 Å². The molecule has 0 fully saturated rings. The van der Waals surface area contributed by atoms with E-state index in [9.17, 15) is 13.2 Å². The molecule has 6 nitrogen and oxygen atoms in total. The Hall–Kier alpha value is -2.71. The van der Waals surface area contributed by atoms with Gasteiger partial charge in [0.05, 0.1) is 11.3 Å². The van der Waals surface area contributed by atoms with E-state index in [0.717, 1.165) is 21.3 Å². The van der Waals surface area contributed by atoms with Crippen LogP contribution in [0.5, 0.6) is 0 Å². The SMILES string of the molecule is Cc1cc(-c2ccccc2)nc(SCCN2C(=O)c3ccccc3S2(=O)=O)n1. The van der Waals surface area contributed by atoms with Crippen molar-refractivity contribution >= 4 is 27.7 Å². The van der Waals surface area contributed by atoms with Crippen LogP contribution in [0.2, 0.25) is 0 Å². The lowest BCUT2D eigenvalue weighted by Gasteiger charge is -2.14. The molecule has 0 N–H and O–H groups in total. The second kappa shape index (κ2) is 7.37. The van der Waals surface area contributed by atoms with Gasteiger partial charge in [0.1, 0.15) is 4.90 Å². The second-order valence-corrected chi connectivity index (χ2v) is 9.16. The second-order valence-electron chi connectivity index (χ2n) is 6.27. The third-order valence-corrected chi connectivity index (χ3v) is 7.01. The molecule has 0 bridgehead atoms. The van der Waals surface area contributed by atoms with E-state index in [-0.39, 0.29) is 17.0 Å². The molecule has 2 heterocycles. The van der Waals surface area contributed by atoms with Crippen LogP contribution in [0, 0.1) is 6.92 Å². The third kappa shape index (κ3) is 3.41. The minimum atomic E-state index is -3.78. The molecule has 4 rings (SSSR count). The average Bonchev–Trinajstić information content (AvgIpc) is 2.89. The molecule has 1 aromatic heterocycles. The monoisotopic (exact) mass is 411 g/mol. The predicted molar refractivity (Wildman–Crippen MR) is 108 cm³/mol. The summed E-state index contributed by atoms with van der Waals surface area (Å²) in [5.41, 5.74) is 2.86. The maximum atomic E-state index is 12.6. The quantitative estimate of drug-likeness (QED) is 0.473. The Morgan fingerprint density at radius 1 is 1.00 bits per heavy atom. The van der Waals surface area contributed by atoms with Gasteiger partial charge in [0.15, 0.2) is 5.16 Å². The van der Waals surface area contributed by atoms with Crippen LogP contribution in [0.15, 0.2) is 70.7 Å². The van der Waals surface area contributed by atoms with Crippen molar-refractivity contribution in [3.63, 3.8) is 0 Å². The number of nitrogens with zero attached hydrogens (tertiary/aromatic N) is 3. The number of aromatic nitrogens is 2. The fourth-order valence-corrected chi connectivity index (χ4v) is 5.55. The number of thioether (sulfide) groups is 1. The standard InChI is InChI=1S/C20H17N3O3S2/c1-14-13-17(15-7-3-2-4-8-15)22-20(21-14)27-12-11-23-19(24)16-9-5-6-10-18(16)28(23,25)26/h2-10,13H,11-12H2,1H3. The number of sulfonamides is 1. The average molecular weight is 412 g/mol. The van der Waals surface area contributed by atoms with Gasteiger partial charge in [-0.3, -0.25) is 4.79 Å². The molecule has 1 amide bonds. The van der Waals surface area contributed by atoms with Crippen molar-refractivity contribution in [2.24, 2.45) is 0 Å². The third-order valence-electron chi connectivity index (χ3n) is 4.34. The molecule has 0 saturated carbocycles. The molecule has 8 heteroatoms. The molecule has 142 valence electrons. The summed E-state index contributed by atoms with van der Waals surface area (Å²) in [6.07, 6.45) is 0. The van der Waals surface area contributed by atoms with E-state index in [4.69, 9.17) is 0 Å². The normalized spacial score (nSPS) is 14.9. The number of benzene rings is 2. The lowest BCUT2D eigenvalue weighted by Crippen LogP contribution is -2.32. The van der Waals surface area contributed by atoms with Gasteiger partial charge in [0, 0.05) is 23.6 Å². The van der Waals surface area contributed by atoms with Crippen molar-refractivity contribution in [2.75, 3.05) is 12.3 Å². The van der Waals surface area contributed by atoms with Crippen LogP contribution in [0.25, 0.3) is 11.3 Å². The van der Waals surface area contributed by atoms with Crippen molar-refractivity contribution in [3.05, 3.63) is 71.9 Å².